The van der Waals surface area contributed by atoms with E-state index in [4.69, 9.17) is 4.74 Å². The molecule has 0 spiro atoms. The van der Waals surface area contributed by atoms with Gasteiger partial charge >= 0.3 is 0 Å². The number of aliphatic imine (C=N–C) groups is 1. The van der Waals surface area contributed by atoms with E-state index in [0.717, 1.165) is 57.4 Å². The molecule has 8 heteroatoms. The molecule has 1 heterocycles. The van der Waals surface area contributed by atoms with Crippen molar-refractivity contribution in [1.29, 1.82) is 0 Å². The molecule has 148 valence electrons. The first-order valence-electron chi connectivity index (χ1n) is 8.80. The minimum Gasteiger partial charge on any atom is -0.385 e. The van der Waals surface area contributed by atoms with Gasteiger partial charge in [-0.1, -0.05) is 0 Å². The summed E-state index contributed by atoms with van der Waals surface area (Å²) in [4.78, 5) is 6.17. The zero-order valence-electron chi connectivity index (χ0n) is 15.4. The smallest absolute Gasteiger partial charge is 0.191 e. The number of rotatable bonds is 8. The Kier molecular flexibility index (Phi) is 10.8. The Labute approximate surface area is 171 Å². The average Bonchev–Trinajstić information content (AvgIpc) is 3.05. The highest BCUT2D eigenvalue weighted by Crippen LogP contribution is 2.24. The predicted octanol–water partition coefficient (Wildman–Crippen LogP) is 3.14. The molecular weight excluding hydrogens is 453 g/mol. The maximum Gasteiger partial charge on any atom is 0.191 e. The molecule has 1 atom stereocenters. The number of anilines is 1. The third-order valence-corrected chi connectivity index (χ3v) is 4.32. The van der Waals surface area contributed by atoms with Crippen LogP contribution in [0.1, 0.15) is 25.7 Å². The Hall–Kier alpha value is -1.16. The molecule has 5 nitrogen and oxygen atoms in total. The second-order valence-electron chi connectivity index (χ2n) is 6.22. The van der Waals surface area contributed by atoms with E-state index in [-0.39, 0.29) is 30.0 Å². The molecule has 0 amide bonds. The Bertz CT molecular complexity index is 574. The number of ether oxygens (including phenoxy) is 1. The Morgan fingerprint density at radius 3 is 2.81 bits per heavy atom. The summed E-state index contributed by atoms with van der Waals surface area (Å²) in [6.45, 7) is 3.04. The number of methoxy groups -OCH3 is 1. The first-order chi connectivity index (χ1) is 12.1. The van der Waals surface area contributed by atoms with Crippen LogP contribution >= 0.6 is 24.0 Å². The van der Waals surface area contributed by atoms with Crippen molar-refractivity contribution in [2.24, 2.45) is 4.99 Å². The molecule has 0 radical (unpaired) electrons. The van der Waals surface area contributed by atoms with E-state index in [1.165, 1.54) is 12.1 Å². The molecule has 1 unspecified atom stereocenters. The van der Waals surface area contributed by atoms with Gasteiger partial charge in [0.05, 0.1) is 5.69 Å². The van der Waals surface area contributed by atoms with Gasteiger partial charge in [0.15, 0.2) is 5.96 Å². The van der Waals surface area contributed by atoms with Crippen LogP contribution in [0.2, 0.25) is 0 Å². The molecule has 1 aliphatic heterocycles. The molecule has 0 aliphatic carbocycles. The highest BCUT2D eigenvalue weighted by Gasteiger charge is 2.25. The number of nitrogens with zero attached hydrogens (tertiary/aromatic N) is 2. The van der Waals surface area contributed by atoms with Gasteiger partial charge < -0.3 is 20.3 Å². The molecular formula is C18H29F2IN4O. The van der Waals surface area contributed by atoms with Crippen LogP contribution < -0.4 is 15.5 Å². The topological polar surface area (TPSA) is 48.9 Å². The van der Waals surface area contributed by atoms with Crippen molar-refractivity contribution >= 4 is 35.6 Å². The first-order valence-corrected chi connectivity index (χ1v) is 8.80. The van der Waals surface area contributed by atoms with Gasteiger partial charge in [-0.25, -0.2) is 8.78 Å². The van der Waals surface area contributed by atoms with Gasteiger partial charge in [-0.3, -0.25) is 4.99 Å². The van der Waals surface area contributed by atoms with E-state index < -0.39 is 11.6 Å². The molecule has 26 heavy (non-hydrogen) atoms. The Balaban J connectivity index is 0.00000338. The third-order valence-electron chi connectivity index (χ3n) is 4.32. The fourth-order valence-electron chi connectivity index (χ4n) is 2.98. The number of unbranched alkanes of at least 4 members (excludes halogenated alkanes) is 2. The minimum atomic E-state index is -0.551. The van der Waals surface area contributed by atoms with Crippen LogP contribution in [0.5, 0.6) is 0 Å². The summed E-state index contributed by atoms with van der Waals surface area (Å²) in [5.74, 6) is -0.303. The minimum absolute atomic E-state index is 0. The predicted molar refractivity (Wildman–Crippen MR) is 113 cm³/mol. The lowest BCUT2D eigenvalue weighted by molar-refractivity contribution is 0.192. The number of nitrogens with one attached hydrogen (secondary N) is 2. The maximum atomic E-state index is 13.9. The van der Waals surface area contributed by atoms with Crippen molar-refractivity contribution < 1.29 is 13.5 Å². The number of guanidine groups is 1. The lowest BCUT2D eigenvalue weighted by Crippen LogP contribution is -2.44. The monoisotopic (exact) mass is 482 g/mol. The summed E-state index contributed by atoms with van der Waals surface area (Å²) < 4.78 is 32.0. The van der Waals surface area contributed by atoms with E-state index in [0.29, 0.717) is 12.2 Å². The summed E-state index contributed by atoms with van der Waals surface area (Å²) in [6, 6.07) is 3.91. The number of hydrogen-bond donors (Lipinski definition) is 2. The molecule has 1 aliphatic rings. The van der Waals surface area contributed by atoms with Crippen LogP contribution in [0.4, 0.5) is 14.5 Å². The highest BCUT2D eigenvalue weighted by molar-refractivity contribution is 14.0. The third kappa shape index (κ3) is 7.22. The van der Waals surface area contributed by atoms with Gasteiger partial charge in [0, 0.05) is 52.5 Å². The second kappa shape index (κ2) is 12.3. The summed E-state index contributed by atoms with van der Waals surface area (Å²) in [5.41, 5.74) is 0.451. The molecule has 1 aromatic rings. The van der Waals surface area contributed by atoms with E-state index in [9.17, 15) is 8.78 Å². The second-order valence-corrected chi connectivity index (χ2v) is 6.22. The van der Waals surface area contributed by atoms with Gasteiger partial charge in [0.2, 0.25) is 0 Å². The molecule has 1 aromatic carbocycles. The van der Waals surface area contributed by atoms with Crippen molar-refractivity contribution in [1.82, 2.24) is 10.6 Å². The van der Waals surface area contributed by atoms with Crippen molar-refractivity contribution in [2.45, 2.75) is 31.7 Å². The largest absolute Gasteiger partial charge is 0.385 e. The van der Waals surface area contributed by atoms with Crippen molar-refractivity contribution in [2.75, 3.05) is 45.3 Å². The van der Waals surface area contributed by atoms with Gasteiger partial charge in [0.1, 0.15) is 11.6 Å². The van der Waals surface area contributed by atoms with Gasteiger partial charge in [-0.05, 0) is 37.8 Å². The first kappa shape index (κ1) is 22.9. The molecule has 0 bridgehead atoms. The lowest BCUT2D eigenvalue weighted by Gasteiger charge is -2.21. The van der Waals surface area contributed by atoms with E-state index in [2.05, 4.69) is 15.6 Å². The number of benzene rings is 1. The normalized spacial score (nSPS) is 17.2. The Morgan fingerprint density at radius 1 is 1.31 bits per heavy atom. The molecule has 2 rings (SSSR count). The van der Waals surface area contributed by atoms with Crippen molar-refractivity contribution in [3.63, 3.8) is 0 Å². The highest BCUT2D eigenvalue weighted by atomic mass is 127. The van der Waals surface area contributed by atoms with Crippen LogP contribution in [0.25, 0.3) is 0 Å². The van der Waals surface area contributed by atoms with E-state index >= 15 is 0 Å². The molecule has 1 fully saturated rings. The van der Waals surface area contributed by atoms with Gasteiger partial charge in [-0.15, -0.1) is 24.0 Å². The molecule has 0 saturated carbocycles. The fourth-order valence-corrected chi connectivity index (χ4v) is 2.98. The van der Waals surface area contributed by atoms with Crippen molar-refractivity contribution in [3.8, 4) is 0 Å². The Morgan fingerprint density at radius 2 is 2.12 bits per heavy atom. The summed E-state index contributed by atoms with van der Waals surface area (Å²) in [6.07, 6.45) is 4.11. The van der Waals surface area contributed by atoms with Crippen LogP contribution in [0.3, 0.4) is 0 Å². The van der Waals surface area contributed by atoms with E-state index in [1.54, 1.807) is 14.2 Å². The zero-order chi connectivity index (χ0) is 18.1. The van der Waals surface area contributed by atoms with Crippen LogP contribution in [0.15, 0.2) is 23.2 Å². The van der Waals surface area contributed by atoms with Crippen molar-refractivity contribution in [3.05, 3.63) is 29.8 Å². The fraction of sp³-hybridized carbons (Fsp3) is 0.611. The van der Waals surface area contributed by atoms with Crippen LogP contribution in [0, 0.1) is 11.6 Å². The summed E-state index contributed by atoms with van der Waals surface area (Å²) >= 11 is 0. The lowest BCUT2D eigenvalue weighted by atomic mass is 10.2. The maximum absolute atomic E-state index is 13.9. The summed E-state index contributed by atoms with van der Waals surface area (Å²) in [7, 11) is 3.46. The van der Waals surface area contributed by atoms with Crippen LogP contribution in [-0.2, 0) is 4.74 Å². The average molecular weight is 482 g/mol. The SMILES string of the molecule is CN=C(NCCCCCOC)NC1CCN(c2ccc(F)cc2F)C1.I. The van der Waals surface area contributed by atoms with Gasteiger partial charge in [0.25, 0.3) is 0 Å². The van der Waals surface area contributed by atoms with Crippen LogP contribution in [-0.4, -0.2) is 52.4 Å². The molecule has 2 N–H and O–H groups in total. The molecule has 1 saturated heterocycles. The zero-order valence-corrected chi connectivity index (χ0v) is 17.8. The summed E-state index contributed by atoms with van der Waals surface area (Å²) in [5, 5.41) is 6.68. The number of halogens is 3. The quantitative estimate of drug-likeness (QED) is 0.259. The standard InChI is InChI=1S/C18H28F2N4O.HI/c1-21-18(22-9-4-3-5-11-25-2)23-15-8-10-24(13-15)17-7-6-14(19)12-16(17)20;/h6-7,12,15H,3-5,8-11,13H2,1-2H3,(H2,21,22,23);1H. The number of hydrogen-bond acceptors (Lipinski definition) is 3. The van der Waals surface area contributed by atoms with E-state index in [1.807, 2.05) is 4.90 Å². The van der Waals surface area contributed by atoms with Gasteiger partial charge in [-0.2, -0.15) is 0 Å². The molecule has 0 aromatic heterocycles.